The van der Waals surface area contributed by atoms with Gasteiger partial charge in [-0.25, -0.2) is 4.79 Å². The molecule has 0 N–H and O–H groups in total. The standard InChI is InChI=1S/C17H23N3O.C3H8/c1-14-15-8-3-4-9-16(15)20(17(21)18-14)13-7-12-19-10-5-2-6-11-19;1-3-2/h3-4,8-9H,2,5-7,10-13H2,1H3;3H2,1-2H3. The van der Waals surface area contributed by atoms with Crippen LogP contribution in [0.25, 0.3) is 10.9 Å². The number of piperidine rings is 1. The lowest BCUT2D eigenvalue weighted by molar-refractivity contribution is 0.223. The van der Waals surface area contributed by atoms with Gasteiger partial charge in [0.05, 0.1) is 11.2 Å². The van der Waals surface area contributed by atoms with Crippen LogP contribution in [0.3, 0.4) is 0 Å². The molecule has 1 aromatic heterocycles. The largest absolute Gasteiger partial charge is 0.348 e. The molecule has 1 aliphatic heterocycles. The molecular weight excluding hydrogens is 298 g/mol. The number of nitrogens with zero attached hydrogens (tertiary/aromatic N) is 3. The van der Waals surface area contributed by atoms with Gasteiger partial charge in [-0.1, -0.05) is 44.9 Å². The van der Waals surface area contributed by atoms with Gasteiger partial charge in [-0.3, -0.25) is 4.57 Å². The molecule has 24 heavy (non-hydrogen) atoms. The summed E-state index contributed by atoms with van der Waals surface area (Å²) >= 11 is 0. The second-order valence-corrected chi connectivity index (χ2v) is 6.61. The van der Waals surface area contributed by atoms with Crippen molar-refractivity contribution in [3.05, 3.63) is 40.4 Å². The predicted molar refractivity (Wildman–Crippen MR) is 102 cm³/mol. The summed E-state index contributed by atoms with van der Waals surface area (Å²) in [6, 6.07) is 8.05. The molecule has 1 aromatic carbocycles. The van der Waals surface area contributed by atoms with Crippen LogP contribution in [-0.2, 0) is 6.54 Å². The molecule has 0 unspecified atom stereocenters. The molecule has 0 bridgehead atoms. The van der Waals surface area contributed by atoms with Crippen LogP contribution >= 0.6 is 0 Å². The SMILES string of the molecule is CCC.Cc1nc(=O)n(CCCN2CCCCC2)c2ccccc12. The van der Waals surface area contributed by atoms with Crippen LogP contribution in [0.5, 0.6) is 0 Å². The van der Waals surface area contributed by atoms with E-state index in [-0.39, 0.29) is 5.69 Å². The Balaban J connectivity index is 0.000000647. The first-order valence-electron chi connectivity index (χ1n) is 9.36. The topological polar surface area (TPSA) is 38.1 Å². The Morgan fingerprint density at radius 1 is 1.04 bits per heavy atom. The van der Waals surface area contributed by atoms with E-state index in [0.29, 0.717) is 0 Å². The van der Waals surface area contributed by atoms with E-state index in [2.05, 4.69) is 23.7 Å². The van der Waals surface area contributed by atoms with Crippen LogP contribution < -0.4 is 5.69 Å². The maximum atomic E-state index is 12.2. The Kier molecular flexibility index (Phi) is 7.44. The van der Waals surface area contributed by atoms with Crippen LogP contribution in [0.15, 0.2) is 29.1 Å². The van der Waals surface area contributed by atoms with Gasteiger partial charge in [0.1, 0.15) is 0 Å². The highest BCUT2D eigenvalue weighted by Gasteiger charge is 2.11. The van der Waals surface area contributed by atoms with E-state index < -0.39 is 0 Å². The highest BCUT2D eigenvalue weighted by molar-refractivity contribution is 5.80. The monoisotopic (exact) mass is 329 g/mol. The molecule has 0 amide bonds. The van der Waals surface area contributed by atoms with Crippen LogP contribution in [0, 0.1) is 6.92 Å². The predicted octanol–water partition coefficient (Wildman–Crippen LogP) is 4.00. The van der Waals surface area contributed by atoms with Gasteiger partial charge in [-0.05, 0) is 51.9 Å². The fraction of sp³-hybridized carbons (Fsp3) is 0.600. The highest BCUT2D eigenvalue weighted by atomic mass is 16.1. The van der Waals surface area contributed by atoms with Crippen molar-refractivity contribution in [3.8, 4) is 0 Å². The Morgan fingerprint density at radius 3 is 2.42 bits per heavy atom. The van der Waals surface area contributed by atoms with Gasteiger partial charge in [-0.15, -0.1) is 0 Å². The minimum atomic E-state index is -0.121. The molecule has 0 spiro atoms. The highest BCUT2D eigenvalue weighted by Crippen LogP contribution is 2.15. The average molecular weight is 329 g/mol. The van der Waals surface area contributed by atoms with Gasteiger partial charge in [0.2, 0.25) is 0 Å². The van der Waals surface area contributed by atoms with E-state index in [4.69, 9.17) is 0 Å². The summed E-state index contributed by atoms with van der Waals surface area (Å²) in [4.78, 5) is 18.8. The molecule has 4 heteroatoms. The van der Waals surface area contributed by atoms with Crippen molar-refractivity contribution in [2.24, 2.45) is 0 Å². The zero-order chi connectivity index (χ0) is 17.4. The van der Waals surface area contributed by atoms with Crippen molar-refractivity contribution in [3.63, 3.8) is 0 Å². The van der Waals surface area contributed by atoms with Gasteiger partial charge < -0.3 is 4.90 Å². The molecule has 0 saturated carbocycles. The zero-order valence-corrected chi connectivity index (χ0v) is 15.4. The van der Waals surface area contributed by atoms with E-state index >= 15 is 0 Å². The lowest BCUT2D eigenvalue weighted by Crippen LogP contribution is -2.32. The Hall–Kier alpha value is -1.68. The average Bonchev–Trinajstić information content (AvgIpc) is 2.59. The Morgan fingerprint density at radius 2 is 1.71 bits per heavy atom. The lowest BCUT2D eigenvalue weighted by atomic mass is 10.1. The van der Waals surface area contributed by atoms with Crippen molar-refractivity contribution in [1.82, 2.24) is 14.5 Å². The number of para-hydroxylation sites is 1. The summed E-state index contributed by atoms with van der Waals surface area (Å²) < 4.78 is 1.83. The first-order chi connectivity index (χ1) is 11.7. The summed E-state index contributed by atoms with van der Waals surface area (Å²) in [5, 5.41) is 1.08. The number of aromatic nitrogens is 2. The van der Waals surface area contributed by atoms with Gasteiger partial charge >= 0.3 is 5.69 Å². The molecular formula is C20H31N3O. The third-order valence-electron chi connectivity index (χ3n) is 4.38. The summed E-state index contributed by atoms with van der Waals surface area (Å²) in [6.45, 7) is 10.4. The van der Waals surface area contributed by atoms with E-state index in [1.165, 1.54) is 38.8 Å². The second-order valence-electron chi connectivity index (χ2n) is 6.61. The lowest BCUT2D eigenvalue weighted by Gasteiger charge is -2.26. The van der Waals surface area contributed by atoms with Crippen molar-refractivity contribution >= 4 is 10.9 Å². The summed E-state index contributed by atoms with van der Waals surface area (Å²) in [5.74, 6) is 0. The molecule has 3 rings (SSSR count). The second kappa shape index (κ2) is 9.58. The minimum Gasteiger partial charge on any atom is -0.303 e. The van der Waals surface area contributed by atoms with Gasteiger partial charge in [-0.2, -0.15) is 4.98 Å². The van der Waals surface area contributed by atoms with Crippen LogP contribution in [0.1, 0.15) is 51.6 Å². The number of likely N-dealkylation sites (tertiary alicyclic amines) is 1. The van der Waals surface area contributed by atoms with E-state index in [1.54, 1.807) is 0 Å². The van der Waals surface area contributed by atoms with E-state index in [0.717, 1.165) is 36.1 Å². The quantitative estimate of drug-likeness (QED) is 0.851. The zero-order valence-electron chi connectivity index (χ0n) is 15.4. The third kappa shape index (κ3) is 4.91. The normalized spacial score (nSPS) is 15.1. The summed E-state index contributed by atoms with van der Waals surface area (Å²) in [6.07, 6.45) is 6.25. The van der Waals surface area contributed by atoms with Gasteiger partial charge in [0, 0.05) is 11.9 Å². The number of benzene rings is 1. The number of hydrogen-bond acceptors (Lipinski definition) is 3. The maximum absolute atomic E-state index is 12.2. The molecule has 1 fully saturated rings. The molecule has 0 atom stereocenters. The molecule has 1 aliphatic rings. The molecule has 0 radical (unpaired) electrons. The number of rotatable bonds is 4. The number of aryl methyl sites for hydroxylation is 2. The van der Waals surface area contributed by atoms with Crippen molar-refractivity contribution in [1.29, 1.82) is 0 Å². The fourth-order valence-corrected chi connectivity index (χ4v) is 3.23. The Labute approximate surface area is 145 Å². The first-order valence-corrected chi connectivity index (χ1v) is 9.36. The number of fused-ring (bicyclic) bond motifs is 1. The van der Waals surface area contributed by atoms with Gasteiger partial charge in [0.25, 0.3) is 0 Å². The first kappa shape index (κ1) is 18.7. The molecule has 2 aromatic rings. The van der Waals surface area contributed by atoms with Gasteiger partial charge in [0.15, 0.2) is 0 Å². The third-order valence-corrected chi connectivity index (χ3v) is 4.38. The van der Waals surface area contributed by atoms with Crippen molar-refractivity contribution in [2.45, 2.75) is 59.4 Å². The molecule has 132 valence electrons. The maximum Gasteiger partial charge on any atom is 0.348 e. The Bertz CT molecular complexity index is 687. The summed E-state index contributed by atoms with van der Waals surface area (Å²) in [7, 11) is 0. The van der Waals surface area contributed by atoms with E-state index in [9.17, 15) is 4.79 Å². The molecule has 2 heterocycles. The summed E-state index contributed by atoms with van der Waals surface area (Å²) in [5.41, 5.74) is 1.71. The van der Waals surface area contributed by atoms with Crippen LogP contribution in [-0.4, -0.2) is 34.1 Å². The van der Waals surface area contributed by atoms with Crippen LogP contribution in [0.4, 0.5) is 0 Å². The van der Waals surface area contributed by atoms with Crippen LogP contribution in [0.2, 0.25) is 0 Å². The molecule has 1 saturated heterocycles. The van der Waals surface area contributed by atoms with Crippen molar-refractivity contribution < 1.29 is 0 Å². The number of hydrogen-bond donors (Lipinski definition) is 0. The molecule has 4 nitrogen and oxygen atoms in total. The van der Waals surface area contributed by atoms with E-state index in [1.807, 2.05) is 35.8 Å². The fourth-order valence-electron chi connectivity index (χ4n) is 3.23. The smallest absolute Gasteiger partial charge is 0.303 e. The minimum absolute atomic E-state index is 0.121. The van der Waals surface area contributed by atoms with Crippen molar-refractivity contribution in [2.75, 3.05) is 19.6 Å². The molecule has 0 aliphatic carbocycles.